The first-order valence-electron chi connectivity index (χ1n) is 13.6. The molecule has 1 amide bonds. The summed E-state index contributed by atoms with van der Waals surface area (Å²) < 4.78 is 83.4. The molecule has 0 spiro atoms. The van der Waals surface area contributed by atoms with E-state index in [0.29, 0.717) is 50.6 Å². The van der Waals surface area contributed by atoms with E-state index < -0.39 is 65.3 Å². The van der Waals surface area contributed by atoms with Crippen molar-refractivity contribution in [1.29, 1.82) is 0 Å². The molecular weight excluding hydrogens is 602 g/mol. The maximum Gasteiger partial charge on any atom is 0.408 e. The van der Waals surface area contributed by atoms with Gasteiger partial charge in [-0.1, -0.05) is 25.1 Å². The molecule has 232 valence electrons. The Hall–Kier alpha value is -5.20. The molecule has 5 aromatic rings. The highest BCUT2D eigenvalue weighted by molar-refractivity contribution is 6.03. The largest absolute Gasteiger partial charge is 0.480 e. The van der Waals surface area contributed by atoms with Gasteiger partial charge in [0.25, 0.3) is 5.91 Å². The molecule has 2 atom stereocenters. The summed E-state index contributed by atoms with van der Waals surface area (Å²) in [5.74, 6) is -6.32. The van der Waals surface area contributed by atoms with Gasteiger partial charge in [0.15, 0.2) is 0 Å². The fourth-order valence-corrected chi connectivity index (χ4v) is 5.12. The number of amides is 1. The summed E-state index contributed by atoms with van der Waals surface area (Å²) >= 11 is 0. The van der Waals surface area contributed by atoms with Crippen molar-refractivity contribution in [2.75, 3.05) is 5.32 Å². The maximum absolute atomic E-state index is 14.8. The third-order valence-corrected chi connectivity index (χ3v) is 7.31. The molecule has 0 bridgehead atoms. The van der Waals surface area contributed by atoms with Crippen LogP contribution in [0.3, 0.4) is 0 Å². The Morgan fingerprint density at radius 3 is 2.00 bits per heavy atom. The molecule has 0 radical (unpaired) electrons. The first kappa shape index (κ1) is 31.2. The van der Waals surface area contributed by atoms with E-state index in [1.54, 1.807) is 42.5 Å². The summed E-state index contributed by atoms with van der Waals surface area (Å²) in [4.78, 5) is 33.8. The second kappa shape index (κ2) is 12.4. The average molecular weight is 627 g/mol. The predicted octanol–water partition coefficient (Wildman–Crippen LogP) is 7.05. The highest BCUT2D eigenvalue weighted by atomic mass is 19.4. The number of rotatable bonds is 9. The maximum atomic E-state index is 14.8. The van der Waals surface area contributed by atoms with Gasteiger partial charge in [-0.2, -0.15) is 13.2 Å². The minimum Gasteiger partial charge on any atom is -0.480 e. The van der Waals surface area contributed by atoms with Gasteiger partial charge in [0.1, 0.15) is 35.1 Å². The number of carboxylic acids is 1. The highest BCUT2D eigenvalue weighted by Crippen LogP contribution is 2.35. The SMILES string of the molecule is CC[C@@H](Nc1cc(F)c(C(=O)N[C@@H](Cc2ccc(-c3ccc(F)c4cccnc34)c3ncccc23)C(=O)O)c(F)c1)C(F)(F)F. The van der Waals surface area contributed by atoms with Gasteiger partial charge < -0.3 is 15.7 Å². The van der Waals surface area contributed by atoms with Crippen LogP contribution >= 0.6 is 0 Å². The van der Waals surface area contributed by atoms with Crippen LogP contribution in [-0.2, 0) is 11.2 Å². The number of fused-ring (bicyclic) bond motifs is 2. The number of aliphatic carboxylic acids is 1. The van der Waals surface area contributed by atoms with Gasteiger partial charge in [-0.3, -0.25) is 14.8 Å². The van der Waals surface area contributed by atoms with Crippen molar-refractivity contribution >= 4 is 39.4 Å². The zero-order valence-corrected chi connectivity index (χ0v) is 23.4. The fourth-order valence-electron chi connectivity index (χ4n) is 5.12. The molecule has 13 heteroatoms. The van der Waals surface area contributed by atoms with E-state index in [2.05, 4.69) is 15.3 Å². The minimum absolute atomic E-state index is 0.297. The van der Waals surface area contributed by atoms with Crippen LogP contribution < -0.4 is 10.6 Å². The Morgan fingerprint density at radius 1 is 0.844 bits per heavy atom. The lowest BCUT2D eigenvalue weighted by Gasteiger charge is -2.22. The second-order valence-electron chi connectivity index (χ2n) is 10.2. The molecule has 0 unspecified atom stereocenters. The number of hydrogen-bond donors (Lipinski definition) is 3. The van der Waals surface area contributed by atoms with Crippen molar-refractivity contribution in [2.45, 2.75) is 38.0 Å². The lowest BCUT2D eigenvalue weighted by molar-refractivity contribution is -0.143. The van der Waals surface area contributed by atoms with Crippen molar-refractivity contribution in [3.05, 3.63) is 102 Å². The number of carbonyl (C=O) groups excluding carboxylic acids is 1. The van der Waals surface area contributed by atoms with Gasteiger partial charge in [-0.15, -0.1) is 0 Å². The zero-order chi connectivity index (χ0) is 32.5. The lowest BCUT2D eigenvalue weighted by Crippen LogP contribution is -2.43. The molecule has 0 saturated carbocycles. The van der Waals surface area contributed by atoms with E-state index in [0.717, 1.165) is 0 Å². The van der Waals surface area contributed by atoms with Crippen molar-refractivity contribution in [2.24, 2.45) is 0 Å². The van der Waals surface area contributed by atoms with Crippen molar-refractivity contribution in [3.8, 4) is 11.1 Å². The third-order valence-electron chi connectivity index (χ3n) is 7.31. The Labute approximate surface area is 251 Å². The Kier molecular flexibility index (Phi) is 8.62. The number of aromatic nitrogens is 2. The van der Waals surface area contributed by atoms with Gasteiger partial charge in [0.05, 0.1) is 11.0 Å². The van der Waals surface area contributed by atoms with E-state index in [1.165, 1.54) is 25.4 Å². The summed E-state index contributed by atoms with van der Waals surface area (Å²) in [6, 6.07) is 9.94. The molecule has 2 heterocycles. The van der Waals surface area contributed by atoms with E-state index in [-0.39, 0.29) is 6.42 Å². The number of pyridine rings is 2. The molecule has 5 rings (SSSR count). The Bertz CT molecular complexity index is 1910. The molecule has 0 fully saturated rings. The van der Waals surface area contributed by atoms with Crippen LogP contribution in [-0.4, -0.2) is 45.2 Å². The molecule has 3 aromatic carbocycles. The van der Waals surface area contributed by atoms with Gasteiger partial charge in [0.2, 0.25) is 0 Å². The normalized spacial score (nSPS) is 13.0. The first-order valence-corrected chi connectivity index (χ1v) is 13.6. The Morgan fingerprint density at radius 2 is 1.42 bits per heavy atom. The second-order valence-corrected chi connectivity index (χ2v) is 10.2. The predicted molar refractivity (Wildman–Crippen MR) is 155 cm³/mol. The van der Waals surface area contributed by atoms with Gasteiger partial charge >= 0.3 is 12.1 Å². The molecule has 0 aliphatic heterocycles. The summed E-state index contributed by atoms with van der Waals surface area (Å²) in [6.45, 7) is 1.24. The molecule has 7 nitrogen and oxygen atoms in total. The van der Waals surface area contributed by atoms with Crippen LogP contribution in [0.25, 0.3) is 32.9 Å². The van der Waals surface area contributed by atoms with E-state index in [1.807, 2.05) is 5.32 Å². The number of nitrogens with one attached hydrogen (secondary N) is 2. The molecular formula is C32H24F6N4O3. The third kappa shape index (κ3) is 6.37. The Balaban J connectivity index is 1.44. The van der Waals surface area contributed by atoms with Gasteiger partial charge in [-0.25, -0.2) is 18.0 Å². The number of alkyl halides is 3. The van der Waals surface area contributed by atoms with E-state index in [4.69, 9.17) is 0 Å². The standard InChI is InChI=1S/C32H24F6N4O3/c1-2-26(32(36,37)38)41-17-14-23(34)27(24(35)15-17)30(43)42-25(31(44)45)13-16-7-8-19(28-18(16)5-3-11-39-28)20-9-10-22(33)21-6-4-12-40-29(20)21/h3-12,14-15,25-26,41H,2,13H2,1H3,(H,42,43)(H,44,45)/t25-,26+/m0/s1. The first-order chi connectivity index (χ1) is 21.4. The lowest BCUT2D eigenvalue weighted by atomic mass is 9.94. The molecule has 45 heavy (non-hydrogen) atoms. The number of hydrogen-bond acceptors (Lipinski definition) is 5. The van der Waals surface area contributed by atoms with Crippen LogP contribution in [0.5, 0.6) is 0 Å². The molecule has 0 saturated heterocycles. The summed E-state index contributed by atoms with van der Waals surface area (Å²) in [6.07, 6.45) is -2.38. The topological polar surface area (TPSA) is 104 Å². The summed E-state index contributed by atoms with van der Waals surface area (Å²) in [7, 11) is 0. The minimum atomic E-state index is -4.69. The highest BCUT2D eigenvalue weighted by Gasteiger charge is 2.38. The summed E-state index contributed by atoms with van der Waals surface area (Å²) in [5, 5.41) is 14.8. The molecule has 0 aliphatic rings. The molecule has 3 N–H and O–H groups in total. The van der Waals surface area contributed by atoms with Crippen LogP contribution in [0.15, 0.2) is 73.1 Å². The van der Waals surface area contributed by atoms with Gasteiger partial charge in [0, 0.05) is 46.4 Å². The monoisotopic (exact) mass is 626 g/mol. The summed E-state index contributed by atoms with van der Waals surface area (Å²) in [5.41, 5.74) is 0.730. The van der Waals surface area contributed by atoms with Gasteiger partial charge in [-0.05, 0) is 54.4 Å². The smallest absolute Gasteiger partial charge is 0.408 e. The van der Waals surface area contributed by atoms with Crippen molar-refractivity contribution < 1.29 is 41.0 Å². The number of nitrogens with zero attached hydrogens (tertiary/aromatic N) is 2. The van der Waals surface area contributed by atoms with E-state index in [9.17, 15) is 41.0 Å². The van der Waals surface area contributed by atoms with Crippen LogP contribution in [0.4, 0.5) is 32.0 Å². The number of carboxylic acid groups (broad SMARTS) is 1. The van der Waals surface area contributed by atoms with Crippen LogP contribution in [0.2, 0.25) is 0 Å². The van der Waals surface area contributed by atoms with E-state index >= 15 is 0 Å². The molecule has 2 aromatic heterocycles. The van der Waals surface area contributed by atoms with Crippen molar-refractivity contribution in [1.82, 2.24) is 15.3 Å². The number of carbonyl (C=O) groups is 2. The van der Waals surface area contributed by atoms with Crippen molar-refractivity contribution in [3.63, 3.8) is 0 Å². The number of benzene rings is 3. The van der Waals surface area contributed by atoms with Crippen LogP contribution in [0, 0.1) is 17.5 Å². The number of anilines is 1. The van der Waals surface area contributed by atoms with Crippen LogP contribution in [0.1, 0.15) is 29.3 Å². The molecule has 0 aliphatic carbocycles. The zero-order valence-electron chi connectivity index (χ0n) is 23.4. The fraction of sp³-hybridized carbons (Fsp3) is 0.188. The average Bonchev–Trinajstić information content (AvgIpc) is 2.99. The number of halogens is 6. The quantitative estimate of drug-likeness (QED) is 0.152.